The molecule has 29 heavy (non-hydrogen) atoms. The van der Waals surface area contributed by atoms with Crippen molar-refractivity contribution in [2.24, 2.45) is 0 Å². The fourth-order valence-electron chi connectivity index (χ4n) is 4.81. The summed E-state index contributed by atoms with van der Waals surface area (Å²) >= 11 is 0. The van der Waals surface area contributed by atoms with Gasteiger partial charge in [-0.05, 0) is 38.5 Å². The number of urea groups is 2. The first kappa shape index (κ1) is 23.2. The summed E-state index contributed by atoms with van der Waals surface area (Å²) in [6.07, 6.45) is 3.22. The van der Waals surface area contributed by atoms with Crippen molar-refractivity contribution >= 4 is 23.9 Å². The Morgan fingerprint density at radius 2 is 0.897 bits per heavy atom. The molecule has 8 nitrogen and oxygen atoms in total. The third-order valence-electron chi connectivity index (χ3n) is 6.76. The molecule has 8 heteroatoms. The van der Waals surface area contributed by atoms with E-state index < -0.39 is 11.1 Å². The molecule has 0 bridgehead atoms. The maximum Gasteiger partial charge on any atom is 0.329 e. The highest BCUT2D eigenvalue weighted by Gasteiger charge is 2.60. The van der Waals surface area contributed by atoms with Crippen molar-refractivity contribution in [3.05, 3.63) is 0 Å². The minimum absolute atomic E-state index is 0.0427. The van der Waals surface area contributed by atoms with E-state index in [0.29, 0.717) is 51.6 Å². The second-order valence-corrected chi connectivity index (χ2v) is 7.95. The molecule has 0 aromatic rings. The van der Waals surface area contributed by atoms with E-state index in [1.54, 1.807) is 0 Å². The van der Waals surface area contributed by atoms with Gasteiger partial charge in [0.2, 0.25) is 0 Å². The van der Waals surface area contributed by atoms with E-state index in [2.05, 4.69) is 0 Å². The van der Waals surface area contributed by atoms with Crippen LogP contribution in [-0.2, 0) is 9.59 Å². The van der Waals surface area contributed by atoms with E-state index in [-0.39, 0.29) is 30.5 Å². The lowest BCUT2D eigenvalue weighted by atomic mass is 9.89. The number of amides is 6. The minimum atomic E-state index is -0.971. The van der Waals surface area contributed by atoms with Crippen molar-refractivity contribution in [1.29, 1.82) is 0 Å². The molecule has 0 aliphatic carbocycles. The Morgan fingerprint density at radius 1 is 0.586 bits per heavy atom. The average Bonchev–Trinajstić information content (AvgIpc) is 3.04. The fraction of sp³-hybridized carbons (Fsp3) is 0.810. The summed E-state index contributed by atoms with van der Waals surface area (Å²) in [6.45, 7) is 12.1. The summed E-state index contributed by atoms with van der Waals surface area (Å²) in [4.78, 5) is 58.4. The molecular weight excluding hydrogens is 372 g/mol. The number of carbonyl (C=O) groups is 4. The van der Waals surface area contributed by atoms with E-state index in [1.807, 2.05) is 41.5 Å². The molecule has 6 amide bonds. The van der Waals surface area contributed by atoms with Crippen molar-refractivity contribution in [3.8, 4) is 0 Å². The summed E-state index contributed by atoms with van der Waals surface area (Å²) < 4.78 is 0. The van der Waals surface area contributed by atoms with Gasteiger partial charge in [-0.25, -0.2) is 9.59 Å². The van der Waals surface area contributed by atoms with Gasteiger partial charge in [-0.15, -0.1) is 0 Å². The monoisotopic (exact) mass is 408 g/mol. The molecule has 0 radical (unpaired) electrons. The van der Waals surface area contributed by atoms with Crippen LogP contribution >= 0.6 is 0 Å². The Kier molecular flexibility index (Phi) is 6.96. The minimum Gasteiger partial charge on any atom is -0.292 e. The van der Waals surface area contributed by atoms with Gasteiger partial charge in [-0.2, -0.15) is 0 Å². The van der Waals surface area contributed by atoms with E-state index in [1.165, 1.54) is 19.6 Å². The highest BCUT2D eigenvalue weighted by atomic mass is 16.2. The molecule has 2 fully saturated rings. The largest absolute Gasteiger partial charge is 0.329 e. The summed E-state index contributed by atoms with van der Waals surface area (Å²) in [6, 6.07) is -0.730. The molecule has 2 rings (SSSR count). The lowest BCUT2D eigenvalue weighted by Gasteiger charge is -2.40. The first-order valence-corrected chi connectivity index (χ1v) is 11.0. The normalized spacial score (nSPS) is 21.2. The maximum atomic E-state index is 13.2. The predicted octanol–water partition coefficient (Wildman–Crippen LogP) is 3.41. The predicted molar refractivity (Wildman–Crippen MR) is 110 cm³/mol. The Hall–Kier alpha value is -2.12. The fourth-order valence-corrected chi connectivity index (χ4v) is 4.81. The van der Waals surface area contributed by atoms with Gasteiger partial charge in [0.1, 0.15) is 17.7 Å². The molecule has 0 N–H and O–H groups in total. The van der Waals surface area contributed by atoms with Gasteiger partial charge in [-0.1, -0.05) is 41.5 Å². The Morgan fingerprint density at radius 3 is 1.14 bits per heavy atom. The topological polar surface area (TPSA) is 81.2 Å². The van der Waals surface area contributed by atoms with Gasteiger partial charge < -0.3 is 0 Å². The SMILES string of the molecule is CCCN1C(=O)N(CN2C(=O)N(CCC)C(=O)C2(CC)CC)C(CC)(CC)C1=O. The van der Waals surface area contributed by atoms with Crippen LogP contribution in [0.15, 0.2) is 0 Å². The quantitative estimate of drug-likeness (QED) is 0.519. The van der Waals surface area contributed by atoms with E-state index in [9.17, 15) is 19.2 Å². The van der Waals surface area contributed by atoms with E-state index in [0.717, 1.165) is 0 Å². The molecule has 0 saturated carbocycles. The smallest absolute Gasteiger partial charge is 0.292 e. The lowest BCUT2D eigenvalue weighted by Crippen LogP contribution is -2.58. The van der Waals surface area contributed by atoms with Crippen LogP contribution in [0, 0.1) is 0 Å². The van der Waals surface area contributed by atoms with Crippen molar-refractivity contribution in [3.63, 3.8) is 0 Å². The second-order valence-electron chi connectivity index (χ2n) is 7.95. The van der Waals surface area contributed by atoms with Gasteiger partial charge in [0.15, 0.2) is 0 Å². The summed E-state index contributed by atoms with van der Waals surface area (Å²) in [5, 5.41) is 0. The van der Waals surface area contributed by atoms with E-state index in [4.69, 9.17) is 0 Å². The number of carbonyl (C=O) groups excluding carboxylic acids is 4. The summed E-state index contributed by atoms with van der Waals surface area (Å²) in [5.41, 5.74) is -1.94. The van der Waals surface area contributed by atoms with Crippen LogP contribution in [0.5, 0.6) is 0 Å². The summed E-state index contributed by atoms with van der Waals surface area (Å²) in [7, 11) is 0. The van der Waals surface area contributed by atoms with Gasteiger partial charge in [0.25, 0.3) is 11.8 Å². The van der Waals surface area contributed by atoms with Crippen LogP contribution in [0.1, 0.15) is 80.1 Å². The standard InChI is InChI=1S/C21H36N4O4/c1-7-13-22-16(26)20(9-3,10-4)24(18(22)28)15-25-19(29)23(14-8-2)17(27)21(25,11-5)12-6/h7-15H2,1-6H3. The molecular formula is C21H36N4O4. The number of rotatable bonds is 10. The number of hydrogen-bond donors (Lipinski definition) is 0. The highest BCUT2D eigenvalue weighted by molar-refractivity contribution is 6.09. The second kappa shape index (κ2) is 8.71. The van der Waals surface area contributed by atoms with Crippen molar-refractivity contribution in [2.45, 2.75) is 91.1 Å². The molecule has 2 aliphatic heterocycles. The third kappa shape index (κ3) is 3.20. The maximum absolute atomic E-state index is 13.2. The van der Waals surface area contributed by atoms with Crippen LogP contribution in [0.2, 0.25) is 0 Å². The Balaban J connectivity index is 2.50. The van der Waals surface area contributed by atoms with Crippen LogP contribution in [-0.4, -0.2) is 74.3 Å². The molecule has 2 saturated heterocycles. The van der Waals surface area contributed by atoms with Crippen molar-refractivity contribution in [1.82, 2.24) is 19.6 Å². The zero-order valence-corrected chi connectivity index (χ0v) is 18.8. The average molecular weight is 409 g/mol. The van der Waals surface area contributed by atoms with Crippen LogP contribution < -0.4 is 0 Å². The highest BCUT2D eigenvalue weighted by Crippen LogP contribution is 2.39. The zero-order valence-electron chi connectivity index (χ0n) is 18.8. The number of nitrogens with zero attached hydrogens (tertiary/aromatic N) is 4. The van der Waals surface area contributed by atoms with Crippen molar-refractivity contribution < 1.29 is 19.2 Å². The lowest BCUT2D eigenvalue weighted by molar-refractivity contribution is -0.135. The van der Waals surface area contributed by atoms with Gasteiger partial charge in [0.05, 0.1) is 0 Å². The Labute approximate surface area is 174 Å². The molecule has 0 aromatic heterocycles. The number of hydrogen-bond acceptors (Lipinski definition) is 4. The molecule has 164 valence electrons. The zero-order chi connectivity index (χ0) is 22.0. The third-order valence-corrected chi connectivity index (χ3v) is 6.76. The van der Waals surface area contributed by atoms with Gasteiger partial charge in [-0.3, -0.25) is 29.2 Å². The number of imide groups is 2. The van der Waals surface area contributed by atoms with Crippen LogP contribution in [0.25, 0.3) is 0 Å². The van der Waals surface area contributed by atoms with Crippen molar-refractivity contribution in [2.75, 3.05) is 19.8 Å². The molecule has 0 atom stereocenters. The molecule has 0 aromatic carbocycles. The Bertz CT molecular complexity index is 614. The summed E-state index contributed by atoms with van der Waals surface area (Å²) in [5.74, 6) is -0.396. The van der Waals surface area contributed by atoms with Gasteiger partial charge >= 0.3 is 12.1 Å². The van der Waals surface area contributed by atoms with Gasteiger partial charge in [0, 0.05) is 13.1 Å². The van der Waals surface area contributed by atoms with E-state index >= 15 is 0 Å². The molecule has 2 aliphatic rings. The van der Waals surface area contributed by atoms with Crippen LogP contribution in [0.3, 0.4) is 0 Å². The first-order chi connectivity index (χ1) is 13.8. The molecule has 0 unspecified atom stereocenters. The van der Waals surface area contributed by atoms with Crippen LogP contribution in [0.4, 0.5) is 9.59 Å². The first-order valence-electron chi connectivity index (χ1n) is 11.0. The molecule has 0 spiro atoms. The molecule has 2 heterocycles.